The van der Waals surface area contributed by atoms with Crippen molar-refractivity contribution in [2.45, 2.75) is 77.1 Å². The fourth-order valence-electron chi connectivity index (χ4n) is 2.92. The van der Waals surface area contributed by atoms with Gasteiger partial charge in [0, 0.05) is 18.8 Å². The summed E-state index contributed by atoms with van der Waals surface area (Å²) in [6.45, 7) is 5.16. The monoisotopic (exact) mass is 265 g/mol. The van der Waals surface area contributed by atoms with Crippen LogP contribution in [0, 0.1) is 0 Å². The number of nitrogens with one attached hydrogen (secondary N) is 1. The van der Waals surface area contributed by atoms with Crippen molar-refractivity contribution in [3.63, 3.8) is 0 Å². The van der Waals surface area contributed by atoms with Crippen LogP contribution in [-0.2, 0) is 6.54 Å². The molecule has 0 aromatic carbocycles. The minimum Gasteiger partial charge on any atom is -0.392 e. The molecule has 4 heteroatoms. The van der Waals surface area contributed by atoms with Crippen molar-refractivity contribution < 1.29 is 5.11 Å². The van der Waals surface area contributed by atoms with Crippen molar-refractivity contribution >= 4 is 0 Å². The average molecular weight is 265 g/mol. The lowest BCUT2D eigenvalue weighted by Crippen LogP contribution is -2.41. The van der Waals surface area contributed by atoms with Gasteiger partial charge in [-0.2, -0.15) is 5.10 Å². The fraction of sp³-hybridized carbons (Fsp3) is 0.800. The first-order valence-corrected chi connectivity index (χ1v) is 7.70. The van der Waals surface area contributed by atoms with Crippen LogP contribution in [0.2, 0.25) is 0 Å². The summed E-state index contributed by atoms with van der Waals surface area (Å²) in [6.07, 6.45) is 8.51. The summed E-state index contributed by atoms with van der Waals surface area (Å²) in [6, 6.07) is 2.83. The quantitative estimate of drug-likeness (QED) is 0.831. The van der Waals surface area contributed by atoms with Gasteiger partial charge in [-0.15, -0.1) is 0 Å². The van der Waals surface area contributed by atoms with Gasteiger partial charge in [0.25, 0.3) is 0 Å². The highest BCUT2D eigenvalue weighted by atomic mass is 16.3. The zero-order chi connectivity index (χ0) is 13.7. The second kappa shape index (κ2) is 7.06. The van der Waals surface area contributed by atoms with Gasteiger partial charge in [-0.05, 0) is 31.7 Å². The van der Waals surface area contributed by atoms with Crippen LogP contribution in [-0.4, -0.2) is 27.0 Å². The summed E-state index contributed by atoms with van der Waals surface area (Å²) in [5.41, 5.74) is 1.07. The third kappa shape index (κ3) is 3.80. The van der Waals surface area contributed by atoms with Gasteiger partial charge in [0.05, 0.1) is 17.8 Å². The molecule has 1 fully saturated rings. The summed E-state index contributed by atoms with van der Waals surface area (Å²) in [4.78, 5) is 0. The molecule has 1 aromatic heterocycles. The highest BCUT2D eigenvalue weighted by Gasteiger charge is 2.22. The van der Waals surface area contributed by atoms with Crippen molar-refractivity contribution in [3.05, 3.63) is 18.0 Å². The Kier molecular flexibility index (Phi) is 5.40. The standard InChI is InChI=1S/C15H27N3O/c1-3-13(4-2)18-10-9-12(17-18)11-16-14-7-5-6-8-15(14)19/h9-10,13-16,19H,3-8,11H2,1-2H3. The van der Waals surface area contributed by atoms with Crippen LogP contribution in [0.4, 0.5) is 0 Å². The Bertz CT molecular complexity index is 373. The molecule has 1 heterocycles. The molecule has 1 aliphatic carbocycles. The summed E-state index contributed by atoms with van der Waals surface area (Å²) < 4.78 is 2.08. The van der Waals surface area contributed by atoms with Crippen LogP contribution in [0.5, 0.6) is 0 Å². The summed E-state index contributed by atoms with van der Waals surface area (Å²) in [7, 11) is 0. The molecule has 108 valence electrons. The summed E-state index contributed by atoms with van der Waals surface area (Å²) in [5, 5.41) is 18.0. The van der Waals surface area contributed by atoms with Crippen molar-refractivity contribution in [1.29, 1.82) is 0 Å². The Morgan fingerprint density at radius 3 is 2.79 bits per heavy atom. The van der Waals surface area contributed by atoms with E-state index in [1.165, 1.54) is 6.42 Å². The van der Waals surface area contributed by atoms with Gasteiger partial charge in [-0.3, -0.25) is 4.68 Å². The minimum atomic E-state index is -0.185. The van der Waals surface area contributed by atoms with E-state index in [4.69, 9.17) is 0 Å². The summed E-state index contributed by atoms with van der Waals surface area (Å²) in [5.74, 6) is 0. The first-order valence-electron chi connectivity index (χ1n) is 7.70. The zero-order valence-electron chi connectivity index (χ0n) is 12.2. The maximum atomic E-state index is 9.93. The zero-order valence-corrected chi connectivity index (χ0v) is 12.2. The maximum absolute atomic E-state index is 9.93. The number of aromatic nitrogens is 2. The number of aliphatic hydroxyl groups is 1. The van der Waals surface area contributed by atoms with Gasteiger partial charge in [0.15, 0.2) is 0 Å². The molecule has 0 spiro atoms. The van der Waals surface area contributed by atoms with E-state index in [1.807, 2.05) is 0 Å². The van der Waals surface area contributed by atoms with Crippen molar-refractivity contribution in [3.8, 4) is 0 Å². The molecular formula is C15H27N3O. The lowest BCUT2D eigenvalue weighted by molar-refractivity contribution is 0.0900. The minimum absolute atomic E-state index is 0.185. The average Bonchev–Trinajstić information content (AvgIpc) is 2.88. The molecule has 19 heavy (non-hydrogen) atoms. The highest BCUT2D eigenvalue weighted by molar-refractivity contribution is 5.00. The van der Waals surface area contributed by atoms with Gasteiger partial charge < -0.3 is 10.4 Å². The van der Waals surface area contributed by atoms with E-state index in [9.17, 15) is 5.11 Å². The molecule has 0 amide bonds. The SMILES string of the molecule is CCC(CC)n1ccc(CNC2CCCCC2O)n1. The van der Waals surface area contributed by atoms with Gasteiger partial charge in [0.1, 0.15) is 0 Å². The predicted molar refractivity (Wildman–Crippen MR) is 76.9 cm³/mol. The Hall–Kier alpha value is -0.870. The second-order valence-electron chi connectivity index (χ2n) is 5.60. The first-order chi connectivity index (χ1) is 9.24. The first kappa shape index (κ1) is 14.5. The fourth-order valence-corrected chi connectivity index (χ4v) is 2.92. The topological polar surface area (TPSA) is 50.1 Å². The highest BCUT2D eigenvalue weighted by Crippen LogP contribution is 2.19. The number of hydrogen-bond donors (Lipinski definition) is 2. The lowest BCUT2D eigenvalue weighted by Gasteiger charge is -2.28. The Morgan fingerprint density at radius 2 is 2.11 bits per heavy atom. The maximum Gasteiger partial charge on any atom is 0.0762 e. The Balaban J connectivity index is 1.86. The van der Waals surface area contributed by atoms with Crippen molar-refractivity contribution in [2.24, 2.45) is 0 Å². The van der Waals surface area contributed by atoms with E-state index < -0.39 is 0 Å². The number of hydrogen-bond acceptors (Lipinski definition) is 3. The molecule has 0 bridgehead atoms. The third-order valence-corrected chi connectivity index (χ3v) is 4.26. The molecule has 0 radical (unpaired) electrons. The molecule has 2 atom stereocenters. The van der Waals surface area contributed by atoms with Crippen LogP contribution in [0.3, 0.4) is 0 Å². The molecule has 4 nitrogen and oxygen atoms in total. The van der Waals surface area contributed by atoms with E-state index >= 15 is 0 Å². The molecular weight excluding hydrogens is 238 g/mol. The molecule has 2 rings (SSSR count). The number of rotatable bonds is 6. The molecule has 2 N–H and O–H groups in total. The lowest BCUT2D eigenvalue weighted by atomic mass is 9.92. The van der Waals surface area contributed by atoms with Gasteiger partial charge in [-0.1, -0.05) is 26.7 Å². The van der Waals surface area contributed by atoms with E-state index in [-0.39, 0.29) is 12.1 Å². The van der Waals surface area contributed by atoms with Crippen LogP contribution < -0.4 is 5.32 Å². The molecule has 1 aromatic rings. The molecule has 1 aliphatic rings. The van der Waals surface area contributed by atoms with Crippen molar-refractivity contribution in [1.82, 2.24) is 15.1 Å². The second-order valence-corrected chi connectivity index (χ2v) is 5.60. The van der Waals surface area contributed by atoms with Gasteiger partial charge in [0.2, 0.25) is 0 Å². The number of nitrogens with zero attached hydrogens (tertiary/aromatic N) is 2. The van der Waals surface area contributed by atoms with Crippen LogP contribution >= 0.6 is 0 Å². The largest absolute Gasteiger partial charge is 0.392 e. The van der Waals surface area contributed by atoms with Crippen molar-refractivity contribution in [2.75, 3.05) is 0 Å². The van der Waals surface area contributed by atoms with Crippen LogP contribution in [0.15, 0.2) is 12.3 Å². The van der Waals surface area contributed by atoms with E-state index in [0.29, 0.717) is 6.04 Å². The van der Waals surface area contributed by atoms with E-state index in [0.717, 1.165) is 44.3 Å². The predicted octanol–water partition coefficient (Wildman–Crippen LogP) is 2.64. The van der Waals surface area contributed by atoms with Gasteiger partial charge >= 0.3 is 0 Å². The van der Waals surface area contributed by atoms with Crippen LogP contribution in [0.25, 0.3) is 0 Å². The molecule has 0 aliphatic heterocycles. The number of aliphatic hydroxyl groups excluding tert-OH is 1. The smallest absolute Gasteiger partial charge is 0.0762 e. The van der Waals surface area contributed by atoms with Gasteiger partial charge in [-0.25, -0.2) is 0 Å². The molecule has 0 saturated heterocycles. The van der Waals surface area contributed by atoms with E-state index in [2.05, 4.69) is 41.2 Å². The normalized spacial score (nSPS) is 24.0. The Labute approximate surface area is 116 Å². The van der Waals surface area contributed by atoms with Crippen LogP contribution in [0.1, 0.15) is 64.1 Å². The Morgan fingerprint density at radius 1 is 1.37 bits per heavy atom. The summed E-state index contributed by atoms with van der Waals surface area (Å²) >= 11 is 0. The van der Waals surface area contributed by atoms with E-state index in [1.54, 1.807) is 0 Å². The molecule has 2 unspecified atom stereocenters. The molecule has 1 saturated carbocycles. The third-order valence-electron chi connectivity index (χ3n) is 4.26.